The molecule has 154 valence electrons. The summed E-state index contributed by atoms with van der Waals surface area (Å²) >= 11 is 1.11. The van der Waals surface area contributed by atoms with E-state index in [-0.39, 0.29) is 23.5 Å². The molecule has 1 amide bonds. The van der Waals surface area contributed by atoms with E-state index in [0.29, 0.717) is 23.6 Å². The van der Waals surface area contributed by atoms with Crippen LogP contribution in [0, 0.1) is 5.82 Å². The number of rotatable bonds is 8. The van der Waals surface area contributed by atoms with Crippen LogP contribution in [0.25, 0.3) is 0 Å². The zero-order valence-electron chi connectivity index (χ0n) is 16.4. The summed E-state index contributed by atoms with van der Waals surface area (Å²) in [5.74, 6) is -0.736. The molecule has 0 bridgehead atoms. The van der Waals surface area contributed by atoms with Crippen molar-refractivity contribution in [1.82, 2.24) is 10.2 Å². The average Bonchev–Trinajstić information content (AvgIpc) is 2.72. The van der Waals surface area contributed by atoms with Crippen LogP contribution in [0.4, 0.5) is 4.39 Å². The number of benzene rings is 2. The number of Topliss-reactive ketones (excluding diaryl/α,β-unsaturated/α-hetero) is 1. The summed E-state index contributed by atoms with van der Waals surface area (Å²) in [5.41, 5.74) is 1.58. The Kier molecular flexibility index (Phi) is 7.80. The molecule has 7 heteroatoms. The van der Waals surface area contributed by atoms with Crippen LogP contribution in [-0.2, 0) is 16.1 Å². The number of ketones is 1. The molecule has 2 aromatic carbocycles. The Balaban J connectivity index is 1.41. The Bertz CT molecular complexity index is 847. The van der Waals surface area contributed by atoms with Crippen LogP contribution in [0.3, 0.4) is 0 Å². The molecule has 1 aliphatic heterocycles. The Hall–Kier alpha value is -2.22. The smallest absolute Gasteiger partial charge is 0.230 e. The van der Waals surface area contributed by atoms with Gasteiger partial charge in [0, 0.05) is 36.6 Å². The summed E-state index contributed by atoms with van der Waals surface area (Å²) in [7, 11) is 0. The third-order valence-electron chi connectivity index (χ3n) is 4.70. The number of nitrogens with zero attached hydrogens (tertiary/aromatic N) is 1. The van der Waals surface area contributed by atoms with E-state index in [9.17, 15) is 14.0 Å². The number of thioether (sulfide) groups is 1. The monoisotopic (exact) mass is 416 g/mol. The minimum Gasteiger partial charge on any atom is -0.374 e. The molecule has 0 aliphatic carbocycles. The van der Waals surface area contributed by atoms with E-state index in [1.165, 1.54) is 24.6 Å². The maximum atomic E-state index is 14.0. The predicted molar refractivity (Wildman–Crippen MR) is 112 cm³/mol. The van der Waals surface area contributed by atoms with Crippen molar-refractivity contribution in [1.29, 1.82) is 0 Å². The first-order valence-corrected chi connectivity index (χ1v) is 10.6. The fourth-order valence-corrected chi connectivity index (χ4v) is 3.90. The van der Waals surface area contributed by atoms with Crippen molar-refractivity contribution < 1.29 is 18.7 Å². The second-order valence-corrected chi connectivity index (χ2v) is 8.02. The Morgan fingerprint density at radius 2 is 2.03 bits per heavy atom. The van der Waals surface area contributed by atoms with Gasteiger partial charge in [0.25, 0.3) is 0 Å². The van der Waals surface area contributed by atoms with Gasteiger partial charge in [-0.25, -0.2) is 4.39 Å². The van der Waals surface area contributed by atoms with Crippen molar-refractivity contribution in [2.75, 3.05) is 32.0 Å². The van der Waals surface area contributed by atoms with Crippen molar-refractivity contribution in [3.05, 3.63) is 65.5 Å². The van der Waals surface area contributed by atoms with Crippen molar-refractivity contribution in [2.24, 2.45) is 0 Å². The predicted octanol–water partition coefficient (Wildman–Crippen LogP) is 3.14. The largest absolute Gasteiger partial charge is 0.374 e. The van der Waals surface area contributed by atoms with Crippen LogP contribution < -0.4 is 5.32 Å². The normalized spacial score (nSPS) is 17.1. The molecule has 3 rings (SSSR count). The molecule has 2 aromatic rings. The number of amides is 1. The molecular formula is C22H25FN2O3S. The third kappa shape index (κ3) is 6.66. The number of nitrogens with one attached hydrogen (secondary N) is 1. The van der Waals surface area contributed by atoms with E-state index in [4.69, 9.17) is 4.74 Å². The molecule has 1 aliphatic rings. The molecular weight excluding hydrogens is 391 g/mol. The molecule has 1 N–H and O–H groups in total. The first kappa shape index (κ1) is 21.5. The second-order valence-electron chi connectivity index (χ2n) is 7.01. The maximum absolute atomic E-state index is 14.0. The van der Waals surface area contributed by atoms with Crippen LogP contribution in [0.15, 0.2) is 53.4 Å². The maximum Gasteiger partial charge on any atom is 0.230 e. The molecule has 0 spiro atoms. The highest BCUT2D eigenvalue weighted by molar-refractivity contribution is 8.00. The standard InChI is InChI=1S/C22H25FN2O3S/c1-16(26)18-7-8-21(20(23)11-18)29-15-22(27)24-12-19-14-25(9-10-28-19)13-17-5-3-2-4-6-17/h2-8,11,19H,9-10,12-15H2,1H3,(H,24,27). The van der Waals surface area contributed by atoms with Crippen LogP contribution in [0.1, 0.15) is 22.8 Å². The van der Waals surface area contributed by atoms with Crippen LogP contribution in [0.2, 0.25) is 0 Å². The van der Waals surface area contributed by atoms with Gasteiger partial charge in [0.1, 0.15) is 5.82 Å². The van der Waals surface area contributed by atoms with Gasteiger partial charge < -0.3 is 10.1 Å². The average molecular weight is 417 g/mol. The zero-order chi connectivity index (χ0) is 20.6. The molecule has 0 aromatic heterocycles. The van der Waals surface area contributed by atoms with Crippen molar-refractivity contribution in [3.63, 3.8) is 0 Å². The highest BCUT2D eigenvalue weighted by Gasteiger charge is 2.21. The minimum atomic E-state index is -0.484. The molecule has 1 saturated heterocycles. The number of hydrogen-bond donors (Lipinski definition) is 1. The quantitative estimate of drug-likeness (QED) is 0.529. The SMILES string of the molecule is CC(=O)c1ccc(SCC(=O)NCC2CN(Cc3ccccc3)CCO2)c(F)c1. The van der Waals surface area contributed by atoms with Gasteiger partial charge in [-0.2, -0.15) is 0 Å². The number of carbonyl (C=O) groups excluding carboxylic acids is 2. The van der Waals surface area contributed by atoms with Crippen molar-refractivity contribution >= 4 is 23.5 Å². The second kappa shape index (κ2) is 10.5. The molecule has 0 radical (unpaired) electrons. The summed E-state index contributed by atoms with van der Waals surface area (Å²) in [6.45, 7) is 4.93. The zero-order valence-corrected chi connectivity index (χ0v) is 17.2. The van der Waals surface area contributed by atoms with Gasteiger partial charge in [0.2, 0.25) is 5.91 Å². The summed E-state index contributed by atoms with van der Waals surface area (Å²) < 4.78 is 19.8. The number of carbonyl (C=O) groups is 2. The summed E-state index contributed by atoms with van der Waals surface area (Å²) in [4.78, 5) is 26.1. The van der Waals surface area contributed by atoms with E-state index in [2.05, 4.69) is 22.3 Å². The molecule has 1 unspecified atom stereocenters. The lowest BCUT2D eigenvalue weighted by molar-refractivity contribution is -0.119. The fraction of sp³-hybridized carbons (Fsp3) is 0.364. The van der Waals surface area contributed by atoms with Gasteiger partial charge in [-0.1, -0.05) is 36.4 Å². The van der Waals surface area contributed by atoms with Crippen LogP contribution in [0.5, 0.6) is 0 Å². The molecule has 0 saturated carbocycles. The molecule has 1 heterocycles. The van der Waals surface area contributed by atoms with Gasteiger partial charge in [-0.3, -0.25) is 14.5 Å². The van der Waals surface area contributed by atoms with E-state index in [1.54, 1.807) is 6.07 Å². The van der Waals surface area contributed by atoms with Gasteiger partial charge >= 0.3 is 0 Å². The number of halogens is 1. The molecule has 29 heavy (non-hydrogen) atoms. The third-order valence-corrected chi connectivity index (χ3v) is 5.74. The number of ether oxygens (including phenoxy) is 1. The summed E-state index contributed by atoms with van der Waals surface area (Å²) in [6.07, 6.45) is -0.0620. The highest BCUT2D eigenvalue weighted by Crippen LogP contribution is 2.22. The lowest BCUT2D eigenvalue weighted by Crippen LogP contribution is -2.47. The van der Waals surface area contributed by atoms with E-state index >= 15 is 0 Å². The summed E-state index contributed by atoms with van der Waals surface area (Å²) in [6, 6.07) is 14.6. The molecule has 1 fully saturated rings. The van der Waals surface area contributed by atoms with Gasteiger partial charge in [0.15, 0.2) is 5.78 Å². The molecule has 1 atom stereocenters. The first-order chi connectivity index (χ1) is 14.0. The van der Waals surface area contributed by atoms with Crippen LogP contribution >= 0.6 is 11.8 Å². The minimum absolute atomic E-state index is 0.0620. The highest BCUT2D eigenvalue weighted by atomic mass is 32.2. The Morgan fingerprint density at radius 1 is 1.24 bits per heavy atom. The van der Waals surface area contributed by atoms with E-state index < -0.39 is 5.82 Å². The van der Waals surface area contributed by atoms with Crippen LogP contribution in [-0.4, -0.2) is 54.7 Å². The van der Waals surface area contributed by atoms with E-state index in [0.717, 1.165) is 31.4 Å². The Labute approximate surface area is 174 Å². The first-order valence-electron chi connectivity index (χ1n) is 9.59. The van der Waals surface area contributed by atoms with E-state index in [1.807, 2.05) is 18.2 Å². The van der Waals surface area contributed by atoms with Gasteiger partial charge in [-0.05, 0) is 24.6 Å². The Morgan fingerprint density at radius 3 is 2.76 bits per heavy atom. The fourth-order valence-electron chi connectivity index (χ4n) is 3.15. The van der Waals surface area contributed by atoms with Gasteiger partial charge in [-0.15, -0.1) is 11.8 Å². The lowest BCUT2D eigenvalue weighted by atomic mass is 10.1. The topological polar surface area (TPSA) is 58.6 Å². The van der Waals surface area contributed by atoms with Gasteiger partial charge in [0.05, 0.1) is 18.5 Å². The number of hydrogen-bond acceptors (Lipinski definition) is 5. The van der Waals surface area contributed by atoms with Crippen molar-refractivity contribution in [2.45, 2.75) is 24.5 Å². The summed E-state index contributed by atoms with van der Waals surface area (Å²) in [5, 5.41) is 2.87. The molecule has 5 nitrogen and oxygen atoms in total. The number of morpholine rings is 1. The van der Waals surface area contributed by atoms with Crippen molar-refractivity contribution in [3.8, 4) is 0 Å². The lowest BCUT2D eigenvalue weighted by Gasteiger charge is -2.33.